The van der Waals surface area contributed by atoms with Crippen molar-refractivity contribution in [3.63, 3.8) is 0 Å². The average molecular weight is 262 g/mol. The topological polar surface area (TPSA) is 41.5 Å². The SMILES string of the molecule is CCCN1CCc2c(C)nc(N3CCOCC3)nc21. The van der Waals surface area contributed by atoms with Crippen molar-refractivity contribution in [3.8, 4) is 0 Å². The van der Waals surface area contributed by atoms with Gasteiger partial charge in [0.05, 0.1) is 13.2 Å². The third-order valence-electron chi connectivity index (χ3n) is 3.90. The van der Waals surface area contributed by atoms with E-state index in [9.17, 15) is 0 Å². The van der Waals surface area contributed by atoms with Gasteiger partial charge in [-0.3, -0.25) is 0 Å². The molecule has 3 heterocycles. The van der Waals surface area contributed by atoms with Crippen molar-refractivity contribution in [3.05, 3.63) is 11.3 Å². The summed E-state index contributed by atoms with van der Waals surface area (Å²) in [4.78, 5) is 14.2. The quantitative estimate of drug-likeness (QED) is 0.823. The van der Waals surface area contributed by atoms with Gasteiger partial charge in [0.25, 0.3) is 0 Å². The van der Waals surface area contributed by atoms with Gasteiger partial charge in [0.1, 0.15) is 5.82 Å². The molecule has 0 aliphatic carbocycles. The summed E-state index contributed by atoms with van der Waals surface area (Å²) in [5, 5.41) is 0. The number of aryl methyl sites for hydroxylation is 1. The van der Waals surface area contributed by atoms with Gasteiger partial charge in [-0.25, -0.2) is 4.98 Å². The summed E-state index contributed by atoms with van der Waals surface area (Å²) in [7, 11) is 0. The predicted octanol–water partition coefficient (Wildman–Crippen LogP) is 1.39. The summed E-state index contributed by atoms with van der Waals surface area (Å²) < 4.78 is 5.40. The fraction of sp³-hybridized carbons (Fsp3) is 0.714. The van der Waals surface area contributed by atoms with Crippen LogP contribution in [0.25, 0.3) is 0 Å². The molecule has 1 aromatic rings. The van der Waals surface area contributed by atoms with Gasteiger partial charge in [-0.1, -0.05) is 6.92 Å². The molecule has 104 valence electrons. The summed E-state index contributed by atoms with van der Waals surface area (Å²) in [5.74, 6) is 2.04. The van der Waals surface area contributed by atoms with Crippen LogP contribution < -0.4 is 9.80 Å². The maximum atomic E-state index is 5.40. The average Bonchev–Trinajstić information content (AvgIpc) is 2.84. The lowest BCUT2D eigenvalue weighted by molar-refractivity contribution is 0.122. The van der Waals surface area contributed by atoms with Crippen molar-refractivity contribution >= 4 is 11.8 Å². The first-order valence-electron chi connectivity index (χ1n) is 7.24. The van der Waals surface area contributed by atoms with Gasteiger partial charge in [-0.2, -0.15) is 4.98 Å². The molecule has 0 spiro atoms. The Morgan fingerprint density at radius 2 is 1.95 bits per heavy atom. The van der Waals surface area contributed by atoms with Crippen molar-refractivity contribution in [2.75, 3.05) is 49.2 Å². The van der Waals surface area contributed by atoms with Crippen molar-refractivity contribution in [1.29, 1.82) is 0 Å². The molecule has 2 aliphatic heterocycles. The molecule has 0 amide bonds. The number of hydrogen-bond donors (Lipinski definition) is 0. The number of anilines is 2. The number of fused-ring (bicyclic) bond motifs is 1. The minimum Gasteiger partial charge on any atom is -0.378 e. The number of morpholine rings is 1. The van der Waals surface area contributed by atoms with Gasteiger partial charge in [0, 0.05) is 37.4 Å². The normalized spacial score (nSPS) is 18.8. The van der Waals surface area contributed by atoms with E-state index in [4.69, 9.17) is 14.7 Å². The Bertz CT molecular complexity index is 457. The molecule has 19 heavy (non-hydrogen) atoms. The Labute approximate surface area is 114 Å². The maximum Gasteiger partial charge on any atom is 0.227 e. The van der Waals surface area contributed by atoms with Crippen LogP contribution in [-0.4, -0.2) is 49.4 Å². The minimum absolute atomic E-state index is 0.776. The molecule has 0 bridgehead atoms. The second-order valence-corrected chi connectivity index (χ2v) is 5.25. The van der Waals surface area contributed by atoms with Crippen LogP contribution in [0.2, 0.25) is 0 Å². The van der Waals surface area contributed by atoms with E-state index >= 15 is 0 Å². The fourth-order valence-corrected chi connectivity index (χ4v) is 2.87. The highest BCUT2D eigenvalue weighted by Gasteiger charge is 2.25. The maximum absolute atomic E-state index is 5.40. The van der Waals surface area contributed by atoms with E-state index in [1.807, 2.05) is 0 Å². The summed E-state index contributed by atoms with van der Waals surface area (Å²) in [6.07, 6.45) is 2.25. The molecule has 3 rings (SSSR count). The molecule has 0 atom stereocenters. The standard InChI is InChI=1S/C14H22N4O/c1-3-5-17-6-4-12-11(2)15-14(16-13(12)17)18-7-9-19-10-8-18/h3-10H2,1-2H3. The fourth-order valence-electron chi connectivity index (χ4n) is 2.87. The van der Waals surface area contributed by atoms with E-state index < -0.39 is 0 Å². The van der Waals surface area contributed by atoms with Gasteiger partial charge in [-0.05, 0) is 19.8 Å². The van der Waals surface area contributed by atoms with Crippen molar-refractivity contribution < 1.29 is 4.74 Å². The van der Waals surface area contributed by atoms with E-state index in [-0.39, 0.29) is 0 Å². The number of aromatic nitrogens is 2. The Balaban J connectivity index is 1.90. The van der Waals surface area contributed by atoms with Crippen molar-refractivity contribution in [2.24, 2.45) is 0 Å². The molecule has 2 aliphatic rings. The molecule has 0 aromatic carbocycles. The first-order valence-corrected chi connectivity index (χ1v) is 7.24. The van der Waals surface area contributed by atoms with Crippen LogP contribution in [0.15, 0.2) is 0 Å². The Hall–Kier alpha value is -1.36. The second-order valence-electron chi connectivity index (χ2n) is 5.25. The molecule has 5 nitrogen and oxygen atoms in total. The minimum atomic E-state index is 0.776. The van der Waals surface area contributed by atoms with E-state index in [1.165, 1.54) is 5.56 Å². The number of hydrogen-bond acceptors (Lipinski definition) is 5. The number of rotatable bonds is 3. The number of ether oxygens (including phenoxy) is 1. The summed E-state index contributed by atoms with van der Waals surface area (Å²) in [6, 6.07) is 0. The second kappa shape index (κ2) is 5.33. The first kappa shape index (κ1) is 12.7. The molecule has 1 saturated heterocycles. The lowest BCUT2D eigenvalue weighted by atomic mass is 10.2. The smallest absolute Gasteiger partial charge is 0.227 e. The van der Waals surface area contributed by atoms with Gasteiger partial charge in [0.15, 0.2) is 0 Å². The van der Waals surface area contributed by atoms with Crippen molar-refractivity contribution in [2.45, 2.75) is 26.7 Å². The van der Waals surface area contributed by atoms with Gasteiger partial charge in [-0.15, -0.1) is 0 Å². The molecule has 5 heteroatoms. The van der Waals surface area contributed by atoms with E-state index in [0.29, 0.717) is 0 Å². The Morgan fingerprint density at radius 1 is 1.16 bits per heavy atom. The van der Waals surface area contributed by atoms with E-state index in [1.54, 1.807) is 0 Å². The van der Waals surface area contributed by atoms with E-state index in [2.05, 4.69) is 23.6 Å². The van der Waals surface area contributed by atoms with Crippen LogP contribution in [0.5, 0.6) is 0 Å². The van der Waals surface area contributed by atoms with Gasteiger partial charge in [0.2, 0.25) is 5.95 Å². The Kier molecular flexibility index (Phi) is 3.55. The zero-order valence-corrected chi connectivity index (χ0v) is 11.9. The molecule has 1 fully saturated rings. The first-order chi connectivity index (χ1) is 9.29. The third-order valence-corrected chi connectivity index (χ3v) is 3.90. The highest BCUT2D eigenvalue weighted by Crippen LogP contribution is 2.30. The summed E-state index contributed by atoms with van der Waals surface area (Å²) >= 11 is 0. The third kappa shape index (κ3) is 2.39. The van der Waals surface area contributed by atoms with Crippen molar-refractivity contribution in [1.82, 2.24) is 9.97 Å². The highest BCUT2D eigenvalue weighted by atomic mass is 16.5. The van der Waals surface area contributed by atoms with Crippen LogP contribution in [0.3, 0.4) is 0 Å². The molecule has 1 aromatic heterocycles. The van der Waals surface area contributed by atoms with Crippen LogP contribution in [0, 0.1) is 6.92 Å². The lowest BCUT2D eigenvalue weighted by Gasteiger charge is -2.28. The predicted molar refractivity (Wildman–Crippen MR) is 76.0 cm³/mol. The molecule has 0 radical (unpaired) electrons. The monoisotopic (exact) mass is 262 g/mol. The molecular formula is C14H22N4O. The zero-order chi connectivity index (χ0) is 13.2. The molecule has 0 unspecified atom stereocenters. The van der Waals surface area contributed by atoms with Crippen LogP contribution in [0.4, 0.5) is 11.8 Å². The zero-order valence-electron chi connectivity index (χ0n) is 11.9. The van der Waals surface area contributed by atoms with E-state index in [0.717, 1.165) is 69.7 Å². The van der Waals surface area contributed by atoms with Crippen LogP contribution >= 0.6 is 0 Å². The lowest BCUT2D eigenvalue weighted by Crippen LogP contribution is -2.37. The number of nitrogens with zero attached hydrogens (tertiary/aromatic N) is 4. The van der Waals surface area contributed by atoms with Gasteiger partial charge < -0.3 is 14.5 Å². The molecule has 0 saturated carbocycles. The Morgan fingerprint density at radius 3 is 2.68 bits per heavy atom. The summed E-state index contributed by atoms with van der Waals surface area (Å²) in [6.45, 7) is 9.85. The van der Waals surface area contributed by atoms with Crippen LogP contribution in [0.1, 0.15) is 24.6 Å². The van der Waals surface area contributed by atoms with Crippen LogP contribution in [-0.2, 0) is 11.2 Å². The summed E-state index contributed by atoms with van der Waals surface area (Å²) in [5.41, 5.74) is 2.48. The highest BCUT2D eigenvalue weighted by molar-refractivity contribution is 5.57. The van der Waals surface area contributed by atoms with Gasteiger partial charge >= 0.3 is 0 Å². The molecular weight excluding hydrogens is 240 g/mol. The molecule has 0 N–H and O–H groups in total. The largest absolute Gasteiger partial charge is 0.378 e.